The first kappa shape index (κ1) is 28.5. The van der Waals surface area contributed by atoms with Gasteiger partial charge in [-0.05, 0) is 49.3 Å². The number of hydrogen-bond donors (Lipinski definition) is 0. The number of benzene rings is 1. The van der Waals surface area contributed by atoms with E-state index in [0.29, 0.717) is 46.8 Å². The highest BCUT2D eigenvalue weighted by Crippen LogP contribution is 2.51. The highest BCUT2D eigenvalue weighted by molar-refractivity contribution is 5.73. The fourth-order valence-corrected chi connectivity index (χ4v) is 7.74. The van der Waals surface area contributed by atoms with E-state index in [9.17, 15) is 4.39 Å². The Morgan fingerprint density at radius 1 is 1.00 bits per heavy atom. The van der Waals surface area contributed by atoms with E-state index in [1.807, 2.05) is 0 Å². The minimum atomic E-state index is -0.418. The molecule has 2 aliphatic heterocycles. The molecule has 0 radical (unpaired) electrons. The van der Waals surface area contributed by atoms with Crippen molar-refractivity contribution in [2.45, 2.75) is 63.7 Å². The van der Waals surface area contributed by atoms with Gasteiger partial charge in [0.05, 0.1) is 5.69 Å². The van der Waals surface area contributed by atoms with Crippen LogP contribution in [0.4, 0.5) is 10.2 Å². The molecule has 7 rings (SSSR count). The normalized spacial score (nSPS) is 22.0. The Bertz CT molecular complexity index is 1470. The lowest BCUT2D eigenvalue weighted by Crippen LogP contribution is -2.66. The molecule has 0 amide bonds. The Morgan fingerprint density at radius 3 is 2.51 bits per heavy atom. The average molecular weight is 590 g/mol. The highest BCUT2D eigenvalue weighted by atomic mass is 19.1. The van der Waals surface area contributed by atoms with Gasteiger partial charge in [0.1, 0.15) is 24.2 Å². The molecule has 228 valence electrons. The van der Waals surface area contributed by atoms with E-state index in [-0.39, 0.29) is 11.2 Å². The number of hydrogen-bond acceptors (Lipinski definition) is 10. The predicted octanol–water partition coefficient (Wildman–Crippen LogP) is 5.07. The number of anilines is 1. The lowest BCUT2D eigenvalue weighted by molar-refractivity contribution is -0.282. The van der Waals surface area contributed by atoms with Gasteiger partial charge in [-0.25, -0.2) is 19.3 Å². The van der Waals surface area contributed by atoms with Crippen molar-refractivity contribution in [1.29, 1.82) is 0 Å². The number of rotatable bonds is 10. The number of aromatic nitrogens is 5. The van der Waals surface area contributed by atoms with E-state index in [4.69, 9.17) is 14.2 Å². The van der Waals surface area contributed by atoms with Crippen molar-refractivity contribution < 1.29 is 18.6 Å². The predicted molar refractivity (Wildman–Crippen MR) is 158 cm³/mol. The summed E-state index contributed by atoms with van der Waals surface area (Å²) in [5.41, 5.74) is 2.52. The standard InChI is InChI=1S/C32H40FN7O3/c1-20(2)28(22-12-32(13-22,41-3)42-4)40-16-31(17-40)9-10-39(15-31)29-30(38-37-19-36-29)43-26-8-7-23(33)11-24(26)25-14-34-18-35-27(25)21-5-6-21/h7-8,11,14,18-22,28H,5-6,9-10,12-13,15-17H2,1-4H3/t28-/m1/s1. The van der Waals surface area contributed by atoms with E-state index in [1.54, 1.807) is 32.8 Å². The molecule has 3 aromatic rings. The van der Waals surface area contributed by atoms with Crippen LogP contribution >= 0.6 is 0 Å². The fourth-order valence-electron chi connectivity index (χ4n) is 7.74. The summed E-state index contributed by atoms with van der Waals surface area (Å²) in [5.74, 6) is 2.19. The van der Waals surface area contributed by atoms with Crippen molar-refractivity contribution in [3.63, 3.8) is 0 Å². The van der Waals surface area contributed by atoms with Gasteiger partial charge >= 0.3 is 0 Å². The zero-order valence-electron chi connectivity index (χ0n) is 25.4. The summed E-state index contributed by atoms with van der Waals surface area (Å²) in [6, 6.07) is 5.02. The smallest absolute Gasteiger partial charge is 0.282 e. The number of halogens is 1. The quantitative estimate of drug-likeness (QED) is 0.298. The van der Waals surface area contributed by atoms with E-state index in [2.05, 4.69) is 48.8 Å². The largest absolute Gasteiger partial charge is 0.434 e. The van der Waals surface area contributed by atoms with Crippen molar-refractivity contribution in [3.05, 3.63) is 48.6 Å². The van der Waals surface area contributed by atoms with Gasteiger partial charge in [0.2, 0.25) is 0 Å². The monoisotopic (exact) mass is 589 g/mol. The Kier molecular flexibility index (Phi) is 7.30. The molecule has 0 N–H and O–H groups in total. The molecule has 2 saturated heterocycles. The van der Waals surface area contributed by atoms with E-state index < -0.39 is 5.79 Å². The maximum absolute atomic E-state index is 14.5. The molecule has 1 atom stereocenters. The zero-order chi connectivity index (χ0) is 29.8. The van der Waals surface area contributed by atoms with E-state index >= 15 is 0 Å². The number of nitrogens with zero attached hydrogens (tertiary/aromatic N) is 7. The first-order valence-electron chi connectivity index (χ1n) is 15.4. The molecule has 4 heterocycles. The minimum absolute atomic E-state index is 0.209. The van der Waals surface area contributed by atoms with Gasteiger partial charge in [0.15, 0.2) is 11.6 Å². The van der Waals surface area contributed by atoms with Gasteiger partial charge in [-0.2, -0.15) is 0 Å². The van der Waals surface area contributed by atoms with Gasteiger partial charge in [0, 0.05) is 87.9 Å². The van der Waals surface area contributed by atoms with Crippen LogP contribution in [0.15, 0.2) is 37.1 Å². The number of likely N-dealkylation sites (tertiary alicyclic amines) is 1. The lowest BCUT2D eigenvalue weighted by Gasteiger charge is -2.58. The van der Waals surface area contributed by atoms with Crippen molar-refractivity contribution in [2.24, 2.45) is 17.3 Å². The fraction of sp³-hybridized carbons (Fsp3) is 0.594. The summed E-state index contributed by atoms with van der Waals surface area (Å²) in [5, 5.41) is 8.37. The first-order chi connectivity index (χ1) is 20.8. The van der Waals surface area contributed by atoms with Crippen LogP contribution in [0.2, 0.25) is 0 Å². The maximum Gasteiger partial charge on any atom is 0.282 e. The van der Waals surface area contributed by atoms with E-state index in [1.165, 1.54) is 18.5 Å². The number of ether oxygens (including phenoxy) is 3. The Hall–Kier alpha value is -3.28. The second kappa shape index (κ2) is 11.0. The van der Waals surface area contributed by atoms with Crippen LogP contribution in [0.5, 0.6) is 11.6 Å². The molecule has 4 aliphatic rings. The summed E-state index contributed by atoms with van der Waals surface area (Å²) in [7, 11) is 3.49. The summed E-state index contributed by atoms with van der Waals surface area (Å²) >= 11 is 0. The van der Waals surface area contributed by atoms with Gasteiger partial charge in [-0.1, -0.05) is 13.8 Å². The molecule has 2 saturated carbocycles. The van der Waals surface area contributed by atoms with Crippen LogP contribution in [-0.4, -0.2) is 82.3 Å². The van der Waals surface area contributed by atoms with Crippen LogP contribution in [0, 0.1) is 23.1 Å². The number of methoxy groups -OCH3 is 2. The van der Waals surface area contributed by atoms with Crippen LogP contribution in [0.3, 0.4) is 0 Å². The van der Waals surface area contributed by atoms with Crippen molar-refractivity contribution >= 4 is 5.82 Å². The zero-order valence-corrected chi connectivity index (χ0v) is 25.4. The molecule has 4 fully saturated rings. The third-order valence-corrected chi connectivity index (χ3v) is 10.0. The Balaban J connectivity index is 1.07. The molecule has 0 unspecified atom stereocenters. The van der Waals surface area contributed by atoms with Crippen LogP contribution in [0.25, 0.3) is 11.1 Å². The second-order valence-electron chi connectivity index (χ2n) is 13.2. The van der Waals surface area contributed by atoms with Crippen molar-refractivity contribution in [2.75, 3.05) is 45.3 Å². The van der Waals surface area contributed by atoms with Crippen LogP contribution < -0.4 is 9.64 Å². The SMILES string of the molecule is COC1(OC)CC([C@@H](C(C)C)N2CC3(CCN(c4ncnnc4Oc4ccc(F)cc4-c4cncnc4C4CC4)C3)C2)C1. The molecule has 43 heavy (non-hydrogen) atoms. The maximum atomic E-state index is 14.5. The molecule has 1 spiro atoms. The summed E-state index contributed by atoms with van der Waals surface area (Å²) < 4.78 is 32.3. The Morgan fingerprint density at radius 2 is 1.79 bits per heavy atom. The van der Waals surface area contributed by atoms with Crippen LogP contribution in [0.1, 0.15) is 57.6 Å². The molecule has 10 nitrogen and oxygen atoms in total. The molecule has 2 aliphatic carbocycles. The first-order valence-corrected chi connectivity index (χ1v) is 15.4. The third kappa shape index (κ3) is 5.25. The molecular weight excluding hydrogens is 549 g/mol. The topological polar surface area (TPSA) is 98.6 Å². The van der Waals surface area contributed by atoms with Gasteiger partial charge < -0.3 is 19.1 Å². The Labute approximate surface area is 252 Å². The summed E-state index contributed by atoms with van der Waals surface area (Å²) in [6.45, 7) is 8.51. The van der Waals surface area contributed by atoms with Gasteiger partial charge in [-0.3, -0.25) is 4.90 Å². The van der Waals surface area contributed by atoms with Crippen LogP contribution in [-0.2, 0) is 9.47 Å². The minimum Gasteiger partial charge on any atom is -0.434 e. The molecule has 0 bridgehead atoms. The van der Waals surface area contributed by atoms with E-state index in [0.717, 1.165) is 69.5 Å². The molecule has 11 heteroatoms. The molecule has 1 aromatic carbocycles. The van der Waals surface area contributed by atoms with Crippen molar-refractivity contribution in [3.8, 4) is 22.8 Å². The molecular formula is C32H40FN7O3. The van der Waals surface area contributed by atoms with Crippen molar-refractivity contribution in [1.82, 2.24) is 30.0 Å². The van der Waals surface area contributed by atoms with Gasteiger partial charge in [0.25, 0.3) is 5.88 Å². The van der Waals surface area contributed by atoms with Gasteiger partial charge in [-0.15, -0.1) is 10.2 Å². The molecule has 2 aromatic heterocycles. The second-order valence-corrected chi connectivity index (χ2v) is 13.2. The third-order valence-electron chi connectivity index (χ3n) is 10.0. The summed E-state index contributed by atoms with van der Waals surface area (Å²) in [4.78, 5) is 18.3. The average Bonchev–Trinajstić information content (AvgIpc) is 3.73. The summed E-state index contributed by atoms with van der Waals surface area (Å²) in [6.07, 6.45) is 9.85. The highest BCUT2D eigenvalue weighted by Gasteiger charge is 2.56. The lowest BCUT2D eigenvalue weighted by atomic mass is 9.67.